The van der Waals surface area contributed by atoms with Crippen molar-refractivity contribution in [2.75, 3.05) is 19.0 Å². The summed E-state index contributed by atoms with van der Waals surface area (Å²) in [7, 11) is 1.86. The van der Waals surface area contributed by atoms with Crippen LogP contribution in [0, 0.1) is 0 Å². The lowest BCUT2D eigenvalue weighted by atomic mass is 10.2. The van der Waals surface area contributed by atoms with Gasteiger partial charge in [-0.1, -0.05) is 27.3 Å². The van der Waals surface area contributed by atoms with E-state index in [2.05, 4.69) is 31.4 Å². The van der Waals surface area contributed by atoms with E-state index >= 15 is 0 Å². The lowest BCUT2D eigenvalue weighted by Gasteiger charge is -2.05. The van der Waals surface area contributed by atoms with Crippen molar-refractivity contribution in [3.8, 4) is 5.75 Å². The van der Waals surface area contributed by atoms with Gasteiger partial charge >= 0.3 is 0 Å². The van der Waals surface area contributed by atoms with Crippen LogP contribution in [0.3, 0.4) is 0 Å². The minimum absolute atomic E-state index is 0.735. The van der Waals surface area contributed by atoms with Gasteiger partial charge in [0.1, 0.15) is 10.8 Å². The molecule has 0 amide bonds. The predicted molar refractivity (Wildman–Crippen MR) is 82.0 cm³/mol. The van der Waals surface area contributed by atoms with Gasteiger partial charge in [0.2, 0.25) is 5.13 Å². The largest absolute Gasteiger partial charge is 0.494 e. The molecule has 4 nitrogen and oxygen atoms in total. The van der Waals surface area contributed by atoms with E-state index in [0.29, 0.717) is 0 Å². The Morgan fingerprint density at radius 2 is 2.00 bits per heavy atom. The maximum atomic E-state index is 5.66. The summed E-state index contributed by atoms with van der Waals surface area (Å²) < 4.78 is 6.73. The normalized spacial score (nSPS) is 10.4. The lowest BCUT2D eigenvalue weighted by molar-refractivity contribution is 0.307. The Morgan fingerprint density at radius 1 is 1.21 bits per heavy atom. The molecule has 0 saturated carbocycles. The van der Waals surface area contributed by atoms with Crippen molar-refractivity contribution in [1.82, 2.24) is 10.2 Å². The van der Waals surface area contributed by atoms with Crippen LogP contribution in [0.4, 0.5) is 5.13 Å². The van der Waals surface area contributed by atoms with Crippen LogP contribution in [0.1, 0.15) is 17.8 Å². The van der Waals surface area contributed by atoms with Gasteiger partial charge < -0.3 is 10.1 Å². The fraction of sp³-hybridized carbons (Fsp3) is 0.385. The highest BCUT2D eigenvalue weighted by Crippen LogP contribution is 2.18. The van der Waals surface area contributed by atoms with Gasteiger partial charge in [0.05, 0.1) is 6.61 Å². The van der Waals surface area contributed by atoms with Crippen LogP contribution in [0.15, 0.2) is 28.7 Å². The molecule has 0 unspecified atom stereocenters. The van der Waals surface area contributed by atoms with Gasteiger partial charge in [-0.25, -0.2) is 0 Å². The molecule has 1 aromatic heterocycles. The van der Waals surface area contributed by atoms with Crippen LogP contribution in [0.25, 0.3) is 0 Å². The molecule has 1 N–H and O–H groups in total. The number of hydrogen-bond acceptors (Lipinski definition) is 5. The van der Waals surface area contributed by atoms with Crippen LogP contribution >= 0.6 is 27.3 Å². The first-order valence-corrected chi connectivity index (χ1v) is 7.77. The molecule has 0 spiro atoms. The lowest BCUT2D eigenvalue weighted by Crippen LogP contribution is -1.98. The highest BCUT2D eigenvalue weighted by molar-refractivity contribution is 9.10. The highest BCUT2D eigenvalue weighted by Gasteiger charge is 2.02. The van der Waals surface area contributed by atoms with Gasteiger partial charge in [-0.3, -0.25) is 0 Å². The standard InChI is InChI=1S/C13H16BrN3OS/c1-15-13-17-16-12(19-13)4-2-3-9-18-11-7-5-10(14)6-8-11/h5-8H,2-4,9H2,1H3,(H,15,17). The summed E-state index contributed by atoms with van der Waals surface area (Å²) >= 11 is 5.01. The number of anilines is 1. The number of aryl methyl sites for hydroxylation is 1. The molecule has 0 aliphatic heterocycles. The molecular formula is C13H16BrN3OS. The molecule has 0 bridgehead atoms. The van der Waals surface area contributed by atoms with Gasteiger partial charge in [0, 0.05) is 17.9 Å². The SMILES string of the molecule is CNc1nnc(CCCCOc2ccc(Br)cc2)s1. The molecule has 0 fully saturated rings. The second-order valence-corrected chi connectivity index (χ2v) is 5.99. The maximum Gasteiger partial charge on any atom is 0.205 e. The Hall–Kier alpha value is -1.14. The number of halogens is 1. The van der Waals surface area contributed by atoms with E-state index in [-0.39, 0.29) is 0 Å². The summed E-state index contributed by atoms with van der Waals surface area (Å²) in [4.78, 5) is 0. The number of ether oxygens (including phenoxy) is 1. The van der Waals surface area contributed by atoms with Gasteiger partial charge in [0.15, 0.2) is 0 Å². The molecule has 0 radical (unpaired) electrons. The maximum absolute atomic E-state index is 5.66. The summed E-state index contributed by atoms with van der Waals surface area (Å²) in [5, 5.41) is 13.1. The predicted octanol–water partition coefficient (Wildman–Crippen LogP) is 3.74. The Balaban J connectivity index is 1.63. The number of rotatable bonds is 7. The van der Waals surface area contributed by atoms with Gasteiger partial charge in [-0.2, -0.15) is 0 Å². The van der Waals surface area contributed by atoms with Crippen LogP contribution in [-0.4, -0.2) is 23.9 Å². The molecular weight excluding hydrogens is 326 g/mol. The average Bonchev–Trinajstić information content (AvgIpc) is 2.88. The second kappa shape index (κ2) is 7.45. The molecule has 1 heterocycles. The Bertz CT molecular complexity index is 501. The number of nitrogens with one attached hydrogen (secondary N) is 1. The summed E-state index contributed by atoms with van der Waals surface area (Å²) in [5.41, 5.74) is 0. The first-order chi connectivity index (χ1) is 9.28. The summed E-state index contributed by atoms with van der Waals surface area (Å²) in [6, 6.07) is 7.90. The molecule has 2 aromatic rings. The first-order valence-electron chi connectivity index (χ1n) is 6.16. The van der Waals surface area contributed by atoms with Crippen molar-refractivity contribution in [1.29, 1.82) is 0 Å². The van der Waals surface area contributed by atoms with Crippen molar-refractivity contribution in [3.63, 3.8) is 0 Å². The monoisotopic (exact) mass is 341 g/mol. The third-order valence-electron chi connectivity index (χ3n) is 2.55. The molecule has 0 atom stereocenters. The van der Waals surface area contributed by atoms with Crippen molar-refractivity contribution in [2.24, 2.45) is 0 Å². The van der Waals surface area contributed by atoms with Crippen molar-refractivity contribution in [2.45, 2.75) is 19.3 Å². The van der Waals surface area contributed by atoms with Gasteiger partial charge in [-0.15, -0.1) is 10.2 Å². The molecule has 6 heteroatoms. The average molecular weight is 342 g/mol. The number of unbranched alkanes of at least 4 members (excludes halogenated alkanes) is 1. The van der Waals surface area contributed by atoms with E-state index in [9.17, 15) is 0 Å². The number of hydrogen-bond donors (Lipinski definition) is 1. The molecule has 19 heavy (non-hydrogen) atoms. The highest BCUT2D eigenvalue weighted by atomic mass is 79.9. The topological polar surface area (TPSA) is 47.0 Å². The van der Waals surface area contributed by atoms with Crippen LogP contribution in [0.5, 0.6) is 5.75 Å². The Kier molecular flexibility index (Phi) is 5.60. The van der Waals surface area contributed by atoms with E-state index in [1.807, 2.05) is 31.3 Å². The molecule has 1 aromatic carbocycles. The third-order valence-corrected chi connectivity index (χ3v) is 4.08. The van der Waals surface area contributed by atoms with Gasteiger partial charge in [-0.05, 0) is 37.1 Å². The fourth-order valence-corrected chi connectivity index (χ4v) is 2.55. The number of aromatic nitrogens is 2. The molecule has 2 rings (SSSR count). The zero-order valence-electron chi connectivity index (χ0n) is 10.7. The van der Waals surface area contributed by atoms with E-state index < -0.39 is 0 Å². The van der Waals surface area contributed by atoms with Crippen molar-refractivity contribution < 1.29 is 4.74 Å². The quantitative estimate of drug-likeness (QED) is 0.779. The molecule has 0 saturated heterocycles. The van der Waals surface area contributed by atoms with Crippen LogP contribution in [-0.2, 0) is 6.42 Å². The minimum atomic E-state index is 0.735. The first kappa shape index (κ1) is 14.3. The van der Waals surface area contributed by atoms with E-state index in [1.54, 1.807) is 11.3 Å². The zero-order valence-corrected chi connectivity index (χ0v) is 13.1. The van der Waals surface area contributed by atoms with E-state index in [0.717, 1.165) is 46.2 Å². The van der Waals surface area contributed by atoms with Crippen molar-refractivity contribution in [3.05, 3.63) is 33.7 Å². The second-order valence-electron chi connectivity index (χ2n) is 4.01. The van der Waals surface area contributed by atoms with Gasteiger partial charge in [0.25, 0.3) is 0 Å². The van der Waals surface area contributed by atoms with Crippen molar-refractivity contribution >= 4 is 32.4 Å². The minimum Gasteiger partial charge on any atom is -0.494 e. The van der Waals surface area contributed by atoms with Crippen LogP contribution in [0.2, 0.25) is 0 Å². The molecule has 102 valence electrons. The zero-order chi connectivity index (χ0) is 13.5. The summed E-state index contributed by atoms with van der Waals surface area (Å²) in [6.07, 6.45) is 3.04. The fourth-order valence-electron chi connectivity index (χ4n) is 1.55. The number of nitrogens with zero attached hydrogens (tertiary/aromatic N) is 2. The summed E-state index contributed by atoms with van der Waals surface area (Å²) in [6.45, 7) is 0.735. The van der Waals surface area contributed by atoms with E-state index in [1.165, 1.54) is 0 Å². The smallest absolute Gasteiger partial charge is 0.205 e. The number of benzene rings is 1. The Labute approximate surface area is 125 Å². The Morgan fingerprint density at radius 3 is 2.68 bits per heavy atom. The molecule has 0 aliphatic rings. The summed E-state index contributed by atoms with van der Waals surface area (Å²) in [5.74, 6) is 0.914. The van der Waals surface area contributed by atoms with E-state index in [4.69, 9.17) is 4.74 Å². The third kappa shape index (κ3) is 4.80. The molecule has 0 aliphatic carbocycles. The van der Waals surface area contributed by atoms with Crippen LogP contribution < -0.4 is 10.1 Å².